The van der Waals surface area contributed by atoms with Gasteiger partial charge in [-0.15, -0.1) is 0 Å². The van der Waals surface area contributed by atoms with Gasteiger partial charge in [0.05, 0.1) is 11.5 Å². The van der Waals surface area contributed by atoms with Crippen LogP contribution in [0.1, 0.15) is 28.4 Å². The largest absolute Gasteiger partial charge is 0.426 e. The normalized spacial score (nSPS) is 11.1. The summed E-state index contributed by atoms with van der Waals surface area (Å²) >= 11 is 0. The van der Waals surface area contributed by atoms with Gasteiger partial charge in [-0.2, -0.15) is 8.42 Å². The van der Waals surface area contributed by atoms with Gasteiger partial charge >= 0.3 is 11.9 Å². The Bertz CT molecular complexity index is 1200. The lowest BCUT2D eigenvalue weighted by Crippen LogP contribution is -2.12. The van der Waals surface area contributed by atoms with E-state index < -0.39 is 22.1 Å². The van der Waals surface area contributed by atoms with Gasteiger partial charge in [0.2, 0.25) is 0 Å². The number of aryl methyl sites for hydroxylation is 1. The molecule has 0 unspecified atom stereocenters. The summed E-state index contributed by atoms with van der Waals surface area (Å²) in [4.78, 5) is 23.8. The first-order chi connectivity index (χ1) is 15.2. The maximum Gasteiger partial charge on any atom is 0.347 e. The Kier molecular flexibility index (Phi) is 7.40. The number of carbonyl (C=O) groups excluding carboxylic acids is 2. The SMILES string of the molecule is CC(=O)Oc1ccccc1C(=O)Oc1ccc(CCOS(=O)(=O)c2ccc(C)cc2)cc1. The Morgan fingerprint density at radius 1 is 0.844 bits per heavy atom. The zero-order chi connectivity index (χ0) is 23.1. The quantitative estimate of drug-likeness (QED) is 0.287. The van der Waals surface area contributed by atoms with E-state index in [-0.39, 0.29) is 22.8 Å². The van der Waals surface area contributed by atoms with E-state index in [1.807, 2.05) is 6.92 Å². The molecule has 0 N–H and O–H groups in total. The molecule has 32 heavy (non-hydrogen) atoms. The lowest BCUT2D eigenvalue weighted by Gasteiger charge is -2.09. The molecule has 0 fully saturated rings. The zero-order valence-electron chi connectivity index (χ0n) is 17.6. The molecule has 3 aromatic rings. The topological polar surface area (TPSA) is 96.0 Å². The van der Waals surface area contributed by atoms with Crippen LogP contribution in [0.5, 0.6) is 11.5 Å². The van der Waals surface area contributed by atoms with Crippen LogP contribution in [0, 0.1) is 6.92 Å². The van der Waals surface area contributed by atoms with Crippen LogP contribution in [0.25, 0.3) is 0 Å². The van der Waals surface area contributed by atoms with E-state index >= 15 is 0 Å². The molecule has 0 spiro atoms. The number of ether oxygens (including phenoxy) is 2. The van der Waals surface area contributed by atoms with Crippen molar-refractivity contribution in [2.45, 2.75) is 25.2 Å². The molecule has 0 radical (unpaired) electrons. The van der Waals surface area contributed by atoms with Crippen molar-refractivity contribution in [2.75, 3.05) is 6.61 Å². The highest BCUT2D eigenvalue weighted by Gasteiger charge is 2.16. The molecule has 166 valence electrons. The molecule has 0 aromatic heterocycles. The molecule has 0 amide bonds. The molecule has 7 nitrogen and oxygen atoms in total. The summed E-state index contributed by atoms with van der Waals surface area (Å²) in [5.41, 5.74) is 1.89. The van der Waals surface area contributed by atoms with Crippen LogP contribution in [0.15, 0.2) is 77.7 Å². The van der Waals surface area contributed by atoms with Crippen LogP contribution in [-0.2, 0) is 25.5 Å². The number of carbonyl (C=O) groups is 2. The van der Waals surface area contributed by atoms with Crippen LogP contribution >= 0.6 is 0 Å². The van der Waals surface area contributed by atoms with E-state index in [1.54, 1.807) is 48.5 Å². The molecule has 0 aliphatic heterocycles. The third-order valence-corrected chi connectivity index (χ3v) is 5.76. The van der Waals surface area contributed by atoms with Crippen molar-refractivity contribution in [3.05, 3.63) is 89.5 Å². The van der Waals surface area contributed by atoms with Gasteiger partial charge in [-0.3, -0.25) is 8.98 Å². The van der Waals surface area contributed by atoms with Crippen molar-refractivity contribution in [3.8, 4) is 11.5 Å². The van der Waals surface area contributed by atoms with E-state index in [2.05, 4.69) is 0 Å². The minimum atomic E-state index is -3.82. The molecule has 8 heteroatoms. The van der Waals surface area contributed by atoms with Crippen LogP contribution in [0.4, 0.5) is 0 Å². The van der Waals surface area contributed by atoms with E-state index in [1.165, 1.54) is 31.2 Å². The van der Waals surface area contributed by atoms with E-state index in [9.17, 15) is 18.0 Å². The maximum absolute atomic E-state index is 12.4. The first-order valence-electron chi connectivity index (χ1n) is 9.79. The van der Waals surface area contributed by atoms with Gasteiger partial charge in [0.1, 0.15) is 17.1 Å². The van der Waals surface area contributed by atoms with Gasteiger partial charge in [0.25, 0.3) is 10.1 Å². The second-order valence-corrected chi connectivity index (χ2v) is 8.58. The van der Waals surface area contributed by atoms with Crippen LogP contribution in [0.2, 0.25) is 0 Å². The highest BCUT2D eigenvalue weighted by molar-refractivity contribution is 7.86. The predicted molar refractivity (Wildman–Crippen MR) is 117 cm³/mol. The average Bonchev–Trinajstić information content (AvgIpc) is 2.75. The van der Waals surface area contributed by atoms with Gasteiger partial charge in [0, 0.05) is 6.92 Å². The fourth-order valence-corrected chi connectivity index (χ4v) is 3.72. The summed E-state index contributed by atoms with van der Waals surface area (Å²) in [7, 11) is -3.82. The molecular formula is C24H22O7S. The van der Waals surface area contributed by atoms with Crippen molar-refractivity contribution >= 4 is 22.1 Å². The number of rotatable bonds is 8. The first-order valence-corrected chi connectivity index (χ1v) is 11.2. The standard InChI is InChI=1S/C24H22O7S/c1-17-7-13-21(14-8-17)32(27,28)29-16-15-19-9-11-20(12-10-19)31-24(26)22-5-3-4-6-23(22)30-18(2)25/h3-14H,15-16H2,1-2H3. The molecular weight excluding hydrogens is 432 g/mol. The first kappa shape index (κ1) is 23.2. The van der Waals surface area contributed by atoms with Crippen LogP contribution in [-0.4, -0.2) is 27.0 Å². The summed E-state index contributed by atoms with van der Waals surface area (Å²) in [5, 5.41) is 0. The Morgan fingerprint density at radius 2 is 1.50 bits per heavy atom. The van der Waals surface area contributed by atoms with Crippen molar-refractivity contribution in [3.63, 3.8) is 0 Å². The molecule has 0 aliphatic carbocycles. The Labute approximate surface area is 186 Å². The van der Waals surface area contributed by atoms with Gasteiger partial charge in [0.15, 0.2) is 0 Å². The number of para-hydroxylation sites is 1. The molecule has 0 bridgehead atoms. The van der Waals surface area contributed by atoms with Crippen LogP contribution in [0.3, 0.4) is 0 Å². The summed E-state index contributed by atoms with van der Waals surface area (Å²) in [6.45, 7) is 3.10. The van der Waals surface area contributed by atoms with E-state index in [4.69, 9.17) is 13.7 Å². The fraction of sp³-hybridized carbons (Fsp3) is 0.167. The van der Waals surface area contributed by atoms with Crippen molar-refractivity contribution in [1.82, 2.24) is 0 Å². The van der Waals surface area contributed by atoms with E-state index in [0.29, 0.717) is 12.2 Å². The number of hydrogen-bond acceptors (Lipinski definition) is 7. The highest BCUT2D eigenvalue weighted by Crippen LogP contribution is 2.22. The summed E-state index contributed by atoms with van der Waals surface area (Å²) < 4.78 is 39.9. The third kappa shape index (κ3) is 6.26. The number of hydrogen-bond donors (Lipinski definition) is 0. The average molecular weight is 455 g/mol. The lowest BCUT2D eigenvalue weighted by atomic mass is 10.1. The van der Waals surface area contributed by atoms with Gasteiger partial charge < -0.3 is 9.47 Å². The van der Waals surface area contributed by atoms with Crippen molar-refractivity contribution < 1.29 is 31.7 Å². The summed E-state index contributed by atoms with van der Waals surface area (Å²) in [5.74, 6) is -0.790. The second kappa shape index (κ2) is 10.2. The molecule has 0 saturated heterocycles. The molecule has 0 heterocycles. The van der Waals surface area contributed by atoms with Gasteiger partial charge in [-0.05, 0) is 55.3 Å². The second-order valence-electron chi connectivity index (χ2n) is 6.96. The smallest absolute Gasteiger partial charge is 0.347 e. The summed E-state index contributed by atoms with van der Waals surface area (Å²) in [6.07, 6.45) is 0.356. The summed E-state index contributed by atoms with van der Waals surface area (Å²) in [6, 6.07) is 19.3. The maximum atomic E-state index is 12.4. The van der Waals surface area contributed by atoms with Crippen molar-refractivity contribution in [2.24, 2.45) is 0 Å². The minimum Gasteiger partial charge on any atom is -0.426 e. The number of esters is 2. The molecule has 0 atom stereocenters. The third-order valence-electron chi connectivity index (χ3n) is 4.43. The Morgan fingerprint density at radius 3 is 2.16 bits per heavy atom. The molecule has 0 saturated carbocycles. The molecule has 3 aromatic carbocycles. The number of benzene rings is 3. The molecule has 0 aliphatic rings. The van der Waals surface area contributed by atoms with Crippen molar-refractivity contribution in [1.29, 1.82) is 0 Å². The van der Waals surface area contributed by atoms with Crippen LogP contribution < -0.4 is 9.47 Å². The fourth-order valence-electron chi connectivity index (χ4n) is 2.81. The predicted octanol–water partition coefficient (Wildman–Crippen LogP) is 4.09. The highest BCUT2D eigenvalue weighted by atomic mass is 32.2. The van der Waals surface area contributed by atoms with Gasteiger partial charge in [-0.25, -0.2) is 4.79 Å². The minimum absolute atomic E-state index is 0.0227. The van der Waals surface area contributed by atoms with Gasteiger partial charge in [-0.1, -0.05) is 42.0 Å². The van der Waals surface area contributed by atoms with E-state index in [0.717, 1.165) is 11.1 Å². The Hall–Kier alpha value is -3.49. The lowest BCUT2D eigenvalue weighted by molar-refractivity contribution is -0.131. The molecule has 3 rings (SSSR count). The monoisotopic (exact) mass is 454 g/mol. The Balaban J connectivity index is 1.57. The zero-order valence-corrected chi connectivity index (χ0v) is 18.4.